The van der Waals surface area contributed by atoms with Crippen LogP contribution in [0.5, 0.6) is 0 Å². The van der Waals surface area contributed by atoms with Gasteiger partial charge in [0.05, 0.1) is 17.3 Å². The molecule has 1 aromatic carbocycles. The van der Waals surface area contributed by atoms with Gasteiger partial charge in [0.15, 0.2) is 5.11 Å². The zero-order valence-corrected chi connectivity index (χ0v) is 18.3. The monoisotopic (exact) mass is 456 g/mol. The number of carbonyl (C=O) groups is 1. The van der Waals surface area contributed by atoms with Gasteiger partial charge in [-0.3, -0.25) is 9.97 Å². The summed E-state index contributed by atoms with van der Waals surface area (Å²) >= 11 is 5.70. The number of carboxylic acids is 1. The van der Waals surface area contributed by atoms with E-state index in [1.807, 2.05) is 36.4 Å². The Hall–Kier alpha value is -4.04. The van der Waals surface area contributed by atoms with Gasteiger partial charge >= 0.3 is 5.97 Å². The molecule has 0 amide bonds. The minimum Gasteiger partial charge on any atom is -0.478 e. The molecule has 0 saturated carbocycles. The van der Waals surface area contributed by atoms with Gasteiger partial charge in [-0.25, -0.2) is 4.79 Å². The largest absolute Gasteiger partial charge is 0.478 e. The molecule has 1 aliphatic heterocycles. The van der Waals surface area contributed by atoms with Crippen LogP contribution in [0.4, 0.5) is 0 Å². The van der Waals surface area contributed by atoms with Gasteiger partial charge in [-0.15, -0.1) is 0 Å². The lowest BCUT2D eigenvalue weighted by molar-refractivity contribution is 0.0697. The molecule has 0 aliphatic carbocycles. The normalized spacial score (nSPS) is 17.7. The first kappa shape index (κ1) is 20.8. The highest BCUT2D eigenvalue weighted by Crippen LogP contribution is 2.41. The van der Waals surface area contributed by atoms with Crippen LogP contribution >= 0.6 is 12.2 Å². The van der Waals surface area contributed by atoms with Crippen molar-refractivity contribution in [3.8, 4) is 11.3 Å². The van der Waals surface area contributed by atoms with Gasteiger partial charge in [-0.1, -0.05) is 24.3 Å². The van der Waals surface area contributed by atoms with Gasteiger partial charge in [0.1, 0.15) is 17.6 Å². The van der Waals surface area contributed by atoms with Crippen molar-refractivity contribution in [3.05, 3.63) is 108 Å². The summed E-state index contributed by atoms with van der Waals surface area (Å²) in [5, 5.41) is 13.6. The van der Waals surface area contributed by atoms with Crippen LogP contribution in [-0.4, -0.2) is 31.1 Å². The molecule has 1 aliphatic rings. The van der Waals surface area contributed by atoms with Gasteiger partial charge in [0.25, 0.3) is 0 Å². The van der Waals surface area contributed by atoms with E-state index in [0.29, 0.717) is 28.7 Å². The third-order valence-corrected chi connectivity index (χ3v) is 5.99. The molecule has 4 aromatic rings. The molecule has 8 heteroatoms. The molecule has 5 rings (SSSR count). The summed E-state index contributed by atoms with van der Waals surface area (Å²) < 4.78 is 6.27. The first-order valence-corrected chi connectivity index (χ1v) is 10.8. The molecule has 4 heterocycles. The molecule has 0 spiro atoms. The predicted molar refractivity (Wildman–Crippen MR) is 126 cm³/mol. The Balaban J connectivity index is 1.56. The number of benzene rings is 1. The first-order chi connectivity index (χ1) is 16.1. The molecule has 1 saturated heterocycles. The fourth-order valence-electron chi connectivity index (χ4n) is 4.11. The maximum absolute atomic E-state index is 11.7. The average molecular weight is 457 g/mol. The lowest BCUT2D eigenvalue weighted by atomic mass is 10.0. The Kier molecular flexibility index (Phi) is 5.58. The van der Waals surface area contributed by atoms with Crippen molar-refractivity contribution >= 4 is 23.3 Å². The van der Waals surface area contributed by atoms with Crippen LogP contribution in [0.1, 0.15) is 39.5 Å². The molecule has 1 fully saturated rings. The van der Waals surface area contributed by atoms with Gasteiger partial charge in [0, 0.05) is 30.7 Å². The van der Waals surface area contributed by atoms with Gasteiger partial charge in [-0.2, -0.15) is 0 Å². The Morgan fingerprint density at radius 1 is 1.03 bits per heavy atom. The second-order valence-corrected chi connectivity index (χ2v) is 8.05. The van der Waals surface area contributed by atoms with Gasteiger partial charge in [0.2, 0.25) is 0 Å². The number of nitrogens with one attached hydrogen (secondary N) is 1. The van der Waals surface area contributed by atoms with E-state index < -0.39 is 5.97 Å². The number of furan rings is 1. The van der Waals surface area contributed by atoms with E-state index in [9.17, 15) is 9.90 Å². The van der Waals surface area contributed by atoms with Crippen molar-refractivity contribution < 1.29 is 14.3 Å². The van der Waals surface area contributed by atoms with Crippen molar-refractivity contribution in [1.29, 1.82) is 0 Å². The molecule has 0 radical (unpaired) electrons. The van der Waals surface area contributed by atoms with Crippen molar-refractivity contribution in [2.75, 3.05) is 0 Å². The Morgan fingerprint density at radius 2 is 1.82 bits per heavy atom. The zero-order chi connectivity index (χ0) is 22.8. The highest BCUT2D eigenvalue weighted by atomic mass is 32.1. The minimum atomic E-state index is -1.00. The Morgan fingerprint density at radius 3 is 2.58 bits per heavy atom. The highest BCUT2D eigenvalue weighted by molar-refractivity contribution is 7.80. The van der Waals surface area contributed by atoms with Crippen LogP contribution in [0, 0.1) is 0 Å². The molecule has 0 bridgehead atoms. The molecule has 3 aromatic heterocycles. The molecule has 164 valence electrons. The lowest BCUT2D eigenvalue weighted by Gasteiger charge is -2.26. The maximum atomic E-state index is 11.7. The minimum absolute atomic E-state index is 0.188. The van der Waals surface area contributed by atoms with E-state index in [1.54, 1.807) is 48.9 Å². The van der Waals surface area contributed by atoms with Crippen LogP contribution < -0.4 is 5.32 Å². The second-order valence-electron chi connectivity index (χ2n) is 7.66. The number of hydrogen-bond acceptors (Lipinski definition) is 5. The number of rotatable bonds is 6. The first-order valence-electron chi connectivity index (χ1n) is 10.4. The average Bonchev–Trinajstić information content (AvgIpc) is 3.45. The molecule has 2 unspecified atom stereocenters. The number of carboxylic acid groups (broad SMARTS) is 1. The van der Waals surface area contributed by atoms with E-state index in [4.69, 9.17) is 16.6 Å². The third kappa shape index (κ3) is 4.08. The summed E-state index contributed by atoms with van der Waals surface area (Å²) in [6.45, 7) is 0.560. The van der Waals surface area contributed by atoms with Crippen molar-refractivity contribution in [1.82, 2.24) is 20.2 Å². The third-order valence-electron chi connectivity index (χ3n) is 5.64. The summed E-state index contributed by atoms with van der Waals surface area (Å²) in [5.74, 6) is 0.157. The van der Waals surface area contributed by atoms with Crippen LogP contribution in [0.3, 0.4) is 0 Å². The van der Waals surface area contributed by atoms with E-state index in [2.05, 4.69) is 20.2 Å². The number of hydrogen-bond donors (Lipinski definition) is 2. The van der Waals surface area contributed by atoms with Gasteiger partial charge < -0.3 is 19.7 Å². The van der Waals surface area contributed by atoms with Crippen molar-refractivity contribution in [2.45, 2.75) is 18.6 Å². The van der Waals surface area contributed by atoms with E-state index in [1.165, 1.54) is 0 Å². The Bertz CT molecular complexity index is 1290. The summed E-state index contributed by atoms with van der Waals surface area (Å²) in [4.78, 5) is 22.4. The molecule has 2 atom stereocenters. The van der Waals surface area contributed by atoms with Crippen molar-refractivity contribution in [3.63, 3.8) is 0 Å². The standard InChI is InChI=1S/C25H20N4O3S/c30-24(31)18-6-2-1-5-17(18)20-8-9-21(32-20)23-22(19-7-3-4-12-27-19)28-25(33)29(23)15-16-10-13-26-14-11-16/h1-14,22-23H,15H2,(H,28,33)(H,30,31). The molecule has 33 heavy (non-hydrogen) atoms. The quantitative estimate of drug-likeness (QED) is 0.407. The number of thiocarbonyl (C=S) groups is 1. The molecule has 2 N–H and O–H groups in total. The SMILES string of the molecule is O=C(O)c1ccccc1-c1ccc(C2C(c3ccccn3)NC(=S)N2Cc2ccncc2)o1. The summed E-state index contributed by atoms with van der Waals surface area (Å²) in [5.41, 5.74) is 2.61. The fraction of sp³-hybridized carbons (Fsp3) is 0.120. The smallest absolute Gasteiger partial charge is 0.336 e. The molecule has 7 nitrogen and oxygen atoms in total. The number of aromatic nitrogens is 2. The van der Waals surface area contributed by atoms with Gasteiger partial charge in [-0.05, 0) is 60.2 Å². The van der Waals surface area contributed by atoms with Crippen LogP contribution in [0.15, 0.2) is 89.7 Å². The lowest BCUT2D eigenvalue weighted by Crippen LogP contribution is -2.29. The topological polar surface area (TPSA) is 91.5 Å². The highest BCUT2D eigenvalue weighted by Gasteiger charge is 2.41. The zero-order valence-electron chi connectivity index (χ0n) is 17.5. The summed E-state index contributed by atoms with van der Waals surface area (Å²) in [7, 11) is 0. The predicted octanol–water partition coefficient (Wildman–Crippen LogP) is 4.61. The fourth-order valence-corrected chi connectivity index (χ4v) is 4.42. The van der Waals surface area contributed by atoms with Crippen LogP contribution in [0.2, 0.25) is 0 Å². The summed E-state index contributed by atoms with van der Waals surface area (Å²) in [6, 6.07) is 19.6. The van der Waals surface area contributed by atoms with Crippen LogP contribution in [0.25, 0.3) is 11.3 Å². The number of aromatic carboxylic acids is 1. The number of pyridine rings is 2. The summed E-state index contributed by atoms with van der Waals surface area (Å²) in [6.07, 6.45) is 5.25. The maximum Gasteiger partial charge on any atom is 0.336 e. The van der Waals surface area contributed by atoms with E-state index in [-0.39, 0.29) is 17.6 Å². The Labute approximate surface area is 195 Å². The molecular formula is C25H20N4O3S. The number of nitrogens with zero attached hydrogens (tertiary/aromatic N) is 3. The van der Waals surface area contributed by atoms with Crippen molar-refractivity contribution in [2.24, 2.45) is 0 Å². The van der Waals surface area contributed by atoms with E-state index >= 15 is 0 Å². The molecular weight excluding hydrogens is 436 g/mol. The van der Waals surface area contributed by atoms with Crippen LogP contribution in [-0.2, 0) is 6.54 Å². The second kappa shape index (κ2) is 8.84. The van der Waals surface area contributed by atoms with E-state index in [0.717, 1.165) is 11.3 Å².